The Bertz CT molecular complexity index is 1500. The first-order valence-corrected chi connectivity index (χ1v) is 16.1. The largest absolute Gasteiger partial charge is 0.369 e. The van der Waals surface area contributed by atoms with Crippen LogP contribution in [0.1, 0.15) is 65.3 Å². The van der Waals surface area contributed by atoms with Crippen LogP contribution in [0.25, 0.3) is 11.1 Å². The van der Waals surface area contributed by atoms with E-state index in [0.29, 0.717) is 23.2 Å². The summed E-state index contributed by atoms with van der Waals surface area (Å²) in [6.07, 6.45) is 6.52. The number of carbonyl (C=O) groups is 1. The molecule has 1 amide bonds. The number of carbonyl (C=O) groups excluding carboxylic acids is 1. The molecule has 9 heteroatoms. The second kappa shape index (κ2) is 13.9. The molecule has 1 saturated heterocycles. The van der Waals surface area contributed by atoms with Crippen LogP contribution < -0.4 is 26.0 Å². The standard InChI is InChI=1S/C35H49N7O2/c1-7-42(29-11-9-28(10-12-29)40(5)6)32-20-27(26-8-13-33(37-21-26)41-16-14-36-15-17-41)19-30(25(32)4)34(43)38-22-31-23(2)18-24(3)39-35(31)44/h8,13,18-21,28-29,36H,7,9-12,14-17,22H2,1-6H3,(H,38,43)(H,39,44). The molecule has 2 fully saturated rings. The highest BCUT2D eigenvalue weighted by atomic mass is 16.1. The van der Waals surface area contributed by atoms with Crippen LogP contribution in [0.15, 0.2) is 41.3 Å². The van der Waals surface area contributed by atoms with Crippen molar-refractivity contribution in [3.63, 3.8) is 0 Å². The molecule has 1 aromatic carbocycles. The fourth-order valence-corrected chi connectivity index (χ4v) is 6.91. The molecule has 2 aromatic heterocycles. The van der Waals surface area contributed by atoms with Crippen molar-refractivity contribution in [2.24, 2.45) is 0 Å². The van der Waals surface area contributed by atoms with Crippen molar-refractivity contribution in [2.45, 2.75) is 72.0 Å². The summed E-state index contributed by atoms with van der Waals surface area (Å²) >= 11 is 0. The molecule has 2 aliphatic rings. The van der Waals surface area contributed by atoms with Crippen molar-refractivity contribution in [1.29, 1.82) is 0 Å². The van der Waals surface area contributed by atoms with Crippen LogP contribution in [0.5, 0.6) is 0 Å². The van der Waals surface area contributed by atoms with Crippen LogP contribution in [-0.2, 0) is 6.54 Å². The number of aromatic amines is 1. The van der Waals surface area contributed by atoms with Gasteiger partial charge in [-0.15, -0.1) is 0 Å². The van der Waals surface area contributed by atoms with Crippen LogP contribution in [0, 0.1) is 20.8 Å². The van der Waals surface area contributed by atoms with Crippen molar-refractivity contribution < 1.29 is 4.79 Å². The molecule has 0 atom stereocenters. The summed E-state index contributed by atoms with van der Waals surface area (Å²) in [5.74, 6) is 0.801. The van der Waals surface area contributed by atoms with Gasteiger partial charge in [-0.25, -0.2) is 4.98 Å². The highest BCUT2D eigenvalue weighted by Gasteiger charge is 2.28. The first-order valence-electron chi connectivity index (χ1n) is 16.1. The molecular formula is C35H49N7O2. The molecule has 9 nitrogen and oxygen atoms in total. The number of nitrogens with one attached hydrogen (secondary N) is 3. The number of aromatic nitrogens is 2. The number of hydrogen-bond acceptors (Lipinski definition) is 7. The summed E-state index contributed by atoms with van der Waals surface area (Å²) in [5.41, 5.74) is 6.75. The normalized spacial score (nSPS) is 18.8. The summed E-state index contributed by atoms with van der Waals surface area (Å²) in [6.45, 7) is 12.9. The zero-order valence-corrected chi connectivity index (χ0v) is 27.3. The van der Waals surface area contributed by atoms with E-state index in [4.69, 9.17) is 4.98 Å². The van der Waals surface area contributed by atoms with Crippen LogP contribution in [0.2, 0.25) is 0 Å². The number of H-pyrrole nitrogens is 1. The third kappa shape index (κ3) is 7.00. The summed E-state index contributed by atoms with van der Waals surface area (Å²) in [6, 6.07) is 11.4. The van der Waals surface area contributed by atoms with Gasteiger partial charge in [0.15, 0.2) is 0 Å². The highest BCUT2D eigenvalue weighted by molar-refractivity contribution is 5.99. The number of rotatable bonds is 9. The minimum Gasteiger partial charge on any atom is -0.369 e. The molecule has 0 spiro atoms. The lowest BCUT2D eigenvalue weighted by molar-refractivity contribution is 0.0950. The Morgan fingerprint density at radius 3 is 2.32 bits per heavy atom. The number of aryl methyl sites for hydroxylation is 2. The van der Waals surface area contributed by atoms with Gasteiger partial charge in [0.1, 0.15) is 5.82 Å². The number of amides is 1. The van der Waals surface area contributed by atoms with E-state index in [1.165, 1.54) is 12.8 Å². The molecule has 1 aliphatic heterocycles. The number of benzene rings is 1. The molecule has 3 aromatic rings. The number of piperazine rings is 1. The smallest absolute Gasteiger partial charge is 0.253 e. The second-order valence-corrected chi connectivity index (χ2v) is 12.6. The van der Waals surface area contributed by atoms with Gasteiger partial charge in [0.05, 0.1) is 0 Å². The molecule has 0 bridgehead atoms. The van der Waals surface area contributed by atoms with Gasteiger partial charge in [-0.2, -0.15) is 0 Å². The Balaban J connectivity index is 1.48. The van der Waals surface area contributed by atoms with Gasteiger partial charge in [0, 0.05) is 85.6 Å². The minimum atomic E-state index is -0.178. The first-order chi connectivity index (χ1) is 21.2. The number of pyridine rings is 2. The van der Waals surface area contributed by atoms with Gasteiger partial charge in [-0.3, -0.25) is 9.59 Å². The van der Waals surface area contributed by atoms with E-state index < -0.39 is 0 Å². The van der Waals surface area contributed by atoms with Crippen molar-refractivity contribution >= 4 is 17.4 Å². The topological polar surface area (TPSA) is 96.6 Å². The molecular weight excluding hydrogens is 550 g/mol. The fourth-order valence-electron chi connectivity index (χ4n) is 6.91. The molecule has 0 radical (unpaired) electrons. The molecule has 236 valence electrons. The van der Waals surface area contributed by atoms with E-state index in [-0.39, 0.29) is 18.0 Å². The van der Waals surface area contributed by atoms with Gasteiger partial charge < -0.3 is 30.3 Å². The van der Waals surface area contributed by atoms with Gasteiger partial charge in [-0.1, -0.05) is 0 Å². The van der Waals surface area contributed by atoms with Gasteiger partial charge in [-0.05, 0) is 114 Å². The van der Waals surface area contributed by atoms with Crippen molar-refractivity contribution in [3.8, 4) is 11.1 Å². The quantitative estimate of drug-likeness (QED) is 0.336. The SMILES string of the molecule is CCN(c1cc(-c2ccc(N3CCNCC3)nc2)cc(C(=O)NCc2c(C)cc(C)[nH]c2=O)c1C)C1CCC(N(C)C)CC1. The lowest BCUT2D eigenvalue weighted by Crippen LogP contribution is -2.43. The lowest BCUT2D eigenvalue weighted by Gasteiger charge is -2.40. The molecule has 0 unspecified atom stereocenters. The summed E-state index contributed by atoms with van der Waals surface area (Å²) in [4.78, 5) is 41.3. The number of hydrogen-bond donors (Lipinski definition) is 3. The predicted octanol–water partition coefficient (Wildman–Crippen LogP) is 4.40. The molecule has 1 aliphatic carbocycles. The van der Waals surface area contributed by atoms with Gasteiger partial charge in [0.25, 0.3) is 11.5 Å². The Hall–Kier alpha value is -3.69. The molecule has 44 heavy (non-hydrogen) atoms. The molecule has 3 N–H and O–H groups in total. The third-order valence-electron chi connectivity index (χ3n) is 9.55. The van der Waals surface area contributed by atoms with Crippen molar-refractivity contribution in [1.82, 2.24) is 25.5 Å². The van der Waals surface area contributed by atoms with Crippen LogP contribution in [0.4, 0.5) is 11.5 Å². The fraction of sp³-hybridized carbons (Fsp3) is 0.514. The average Bonchev–Trinajstić information content (AvgIpc) is 3.02. The van der Waals surface area contributed by atoms with Crippen molar-refractivity contribution in [3.05, 3.63) is 74.8 Å². The van der Waals surface area contributed by atoms with Gasteiger partial charge in [0.2, 0.25) is 0 Å². The first kappa shape index (κ1) is 31.7. The average molecular weight is 600 g/mol. The highest BCUT2D eigenvalue weighted by Crippen LogP contribution is 2.36. The van der Waals surface area contributed by atoms with Crippen LogP contribution in [-0.4, -0.2) is 79.7 Å². The Morgan fingerprint density at radius 2 is 1.70 bits per heavy atom. The van der Waals surface area contributed by atoms with E-state index >= 15 is 0 Å². The van der Waals surface area contributed by atoms with E-state index in [9.17, 15) is 9.59 Å². The lowest BCUT2D eigenvalue weighted by atomic mass is 9.88. The monoisotopic (exact) mass is 599 g/mol. The van der Waals surface area contributed by atoms with E-state index in [2.05, 4.69) is 76.5 Å². The van der Waals surface area contributed by atoms with Crippen LogP contribution in [0.3, 0.4) is 0 Å². The Kier molecular flexibility index (Phi) is 10.1. The third-order valence-corrected chi connectivity index (χ3v) is 9.55. The van der Waals surface area contributed by atoms with Crippen LogP contribution >= 0.6 is 0 Å². The zero-order valence-electron chi connectivity index (χ0n) is 27.3. The minimum absolute atomic E-state index is 0.157. The van der Waals surface area contributed by atoms with E-state index in [1.54, 1.807) is 0 Å². The predicted molar refractivity (Wildman–Crippen MR) is 180 cm³/mol. The summed E-state index contributed by atoms with van der Waals surface area (Å²) < 4.78 is 0. The van der Waals surface area contributed by atoms with E-state index in [0.717, 1.165) is 85.0 Å². The van der Waals surface area contributed by atoms with Gasteiger partial charge >= 0.3 is 0 Å². The van der Waals surface area contributed by atoms with Crippen molar-refractivity contribution in [2.75, 3.05) is 56.6 Å². The maximum Gasteiger partial charge on any atom is 0.253 e. The Morgan fingerprint density at radius 1 is 1.00 bits per heavy atom. The Labute approximate surface area is 262 Å². The van der Waals surface area contributed by atoms with E-state index in [1.807, 2.05) is 32.2 Å². The molecule has 1 saturated carbocycles. The second-order valence-electron chi connectivity index (χ2n) is 12.6. The number of anilines is 2. The summed E-state index contributed by atoms with van der Waals surface area (Å²) in [5, 5.41) is 6.46. The maximum atomic E-state index is 13.9. The molecule has 5 rings (SSSR count). The number of nitrogens with zero attached hydrogens (tertiary/aromatic N) is 4. The molecule has 3 heterocycles. The maximum absolute atomic E-state index is 13.9. The zero-order chi connectivity index (χ0) is 31.4. The summed E-state index contributed by atoms with van der Waals surface area (Å²) in [7, 11) is 4.35.